The number of halogens is 1. The number of phenols is 1. The minimum atomic E-state index is -1.20. The number of carbonyl (C=O) groups is 1. The smallest absolute Gasteiger partial charge is 0.237 e. The normalized spacial score (nSPS) is 32.5. The van der Waals surface area contributed by atoms with E-state index in [0.29, 0.717) is 6.42 Å². The van der Waals surface area contributed by atoms with E-state index in [-0.39, 0.29) is 28.3 Å². The molecule has 1 saturated carbocycles. The Balaban J connectivity index is 1.54. The lowest BCUT2D eigenvalue weighted by Gasteiger charge is -2.34. The van der Waals surface area contributed by atoms with Gasteiger partial charge in [-0.3, -0.25) is 20.2 Å². The number of nitrogens with one attached hydrogen (secondary N) is 1. The minimum Gasteiger partial charge on any atom is -0.508 e. The quantitative estimate of drug-likeness (QED) is 0.443. The Labute approximate surface area is 211 Å². The summed E-state index contributed by atoms with van der Waals surface area (Å²) in [4.78, 5) is 26.7. The molecule has 6 rings (SSSR count). The maximum atomic E-state index is 14.3. The van der Waals surface area contributed by atoms with Crippen LogP contribution >= 0.6 is 15.9 Å². The Bertz CT molecular complexity index is 1340. The fourth-order valence-electron chi connectivity index (χ4n) is 6.47. The first-order chi connectivity index (χ1) is 16.9. The third kappa shape index (κ3) is 3.29. The Morgan fingerprint density at radius 3 is 2.40 bits per heavy atom. The molecule has 2 aromatic carbocycles. The first kappa shape index (κ1) is 22.2. The van der Waals surface area contributed by atoms with Crippen molar-refractivity contribution in [1.29, 1.82) is 0 Å². The van der Waals surface area contributed by atoms with Gasteiger partial charge in [-0.15, -0.1) is 0 Å². The number of Topliss-reactive ketones (excluding diaryl/α,β-unsaturated/α-hetero) is 1. The van der Waals surface area contributed by atoms with Crippen LogP contribution in [0, 0.1) is 22.0 Å². The molecule has 1 aliphatic heterocycles. The molecule has 1 spiro atoms. The highest BCUT2D eigenvalue weighted by Gasteiger charge is 2.69. The number of ketones is 1. The molecule has 7 heteroatoms. The first-order valence-corrected chi connectivity index (χ1v) is 12.5. The van der Waals surface area contributed by atoms with Crippen molar-refractivity contribution in [3.63, 3.8) is 0 Å². The molecule has 35 heavy (non-hydrogen) atoms. The summed E-state index contributed by atoms with van der Waals surface area (Å²) >= 11 is 3.46. The van der Waals surface area contributed by atoms with Crippen molar-refractivity contribution in [2.45, 2.75) is 30.0 Å². The summed E-state index contributed by atoms with van der Waals surface area (Å²) in [6.45, 7) is 0. The number of nitrogens with zero attached hydrogens (tertiary/aromatic N) is 1. The number of rotatable bonds is 4. The second-order valence-electron chi connectivity index (χ2n) is 9.63. The maximum absolute atomic E-state index is 14.3. The molecule has 2 fully saturated rings. The van der Waals surface area contributed by atoms with E-state index in [1.54, 1.807) is 24.3 Å². The lowest BCUT2D eigenvalue weighted by atomic mass is 9.70. The van der Waals surface area contributed by atoms with Gasteiger partial charge in [-0.05, 0) is 47.4 Å². The summed E-state index contributed by atoms with van der Waals surface area (Å²) in [5, 5.41) is 25.9. The average Bonchev–Trinajstić information content (AvgIpc) is 3.31. The molecule has 0 amide bonds. The summed E-state index contributed by atoms with van der Waals surface area (Å²) in [6.07, 6.45) is 12.3. The van der Waals surface area contributed by atoms with Gasteiger partial charge >= 0.3 is 0 Å². The highest BCUT2D eigenvalue weighted by molar-refractivity contribution is 9.10. The number of benzene rings is 2. The van der Waals surface area contributed by atoms with Crippen LogP contribution in [0.1, 0.15) is 17.0 Å². The van der Waals surface area contributed by atoms with E-state index in [1.165, 1.54) is 0 Å². The summed E-state index contributed by atoms with van der Waals surface area (Å²) in [5.41, 5.74) is 2.06. The number of nitro groups is 1. The highest BCUT2D eigenvalue weighted by Crippen LogP contribution is 2.57. The molecule has 3 unspecified atom stereocenters. The van der Waals surface area contributed by atoms with Gasteiger partial charge in [-0.1, -0.05) is 76.7 Å². The zero-order chi connectivity index (χ0) is 24.3. The van der Waals surface area contributed by atoms with Crippen LogP contribution in [0.15, 0.2) is 101 Å². The van der Waals surface area contributed by atoms with Gasteiger partial charge in [-0.25, -0.2) is 0 Å². The van der Waals surface area contributed by atoms with Crippen LogP contribution in [-0.2, 0) is 11.2 Å². The molecule has 6 atom stereocenters. The lowest BCUT2D eigenvalue weighted by molar-refractivity contribution is -0.526. The molecule has 2 aromatic rings. The number of phenolic OH excluding ortho intramolecular Hbond substituents is 1. The molecule has 3 aliphatic carbocycles. The monoisotopic (exact) mass is 530 g/mol. The van der Waals surface area contributed by atoms with Gasteiger partial charge in [0.15, 0.2) is 5.78 Å². The molecule has 2 N–H and O–H groups in total. The number of hydrogen-bond acceptors (Lipinski definition) is 5. The van der Waals surface area contributed by atoms with E-state index in [9.17, 15) is 20.0 Å². The van der Waals surface area contributed by atoms with Crippen molar-refractivity contribution in [1.82, 2.24) is 5.32 Å². The number of carbonyl (C=O) groups excluding carboxylic acids is 1. The standard InChI is InChI=1S/C28H23BrN2O4/c29-19-11-9-18(10-12-19)25-26(31(34)35)23(15-16-7-13-20(32)14-8-16)30-28(25)22-6-2-4-17-3-1-5-21(24(17)22)27(28)33/h1-14,17,23-26,30,32H,15H2/t17?,23-,24?,25+,26+,28?/m0/s1. The Hall–Kier alpha value is -3.29. The number of allylic oxidation sites excluding steroid dienone is 6. The van der Waals surface area contributed by atoms with Gasteiger partial charge in [0, 0.05) is 26.8 Å². The second kappa shape index (κ2) is 8.14. The molecule has 0 bridgehead atoms. The van der Waals surface area contributed by atoms with Crippen molar-refractivity contribution in [2.75, 3.05) is 0 Å². The molecular formula is C28H23BrN2O4. The zero-order valence-corrected chi connectivity index (χ0v) is 20.3. The second-order valence-corrected chi connectivity index (χ2v) is 10.5. The topological polar surface area (TPSA) is 92.5 Å². The van der Waals surface area contributed by atoms with Crippen LogP contribution in [0.5, 0.6) is 5.75 Å². The lowest BCUT2D eigenvalue weighted by Crippen LogP contribution is -2.52. The largest absolute Gasteiger partial charge is 0.508 e. The summed E-state index contributed by atoms with van der Waals surface area (Å²) in [6, 6.07) is 12.6. The van der Waals surface area contributed by atoms with Gasteiger partial charge in [0.2, 0.25) is 6.04 Å². The fourth-order valence-corrected chi connectivity index (χ4v) is 6.74. The Kier molecular flexibility index (Phi) is 5.16. The van der Waals surface area contributed by atoms with E-state index < -0.39 is 23.5 Å². The average molecular weight is 531 g/mol. The Morgan fingerprint density at radius 1 is 1.03 bits per heavy atom. The van der Waals surface area contributed by atoms with E-state index in [0.717, 1.165) is 26.7 Å². The van der Waals surface area contributed by atoms with E-state index in [1.807, 2.05) is 48.6 Å². The van der Waals surface area contributed by atoms with Crippen LogP contribution in [-0.4, -0.2) is 33.4 Å². The SMILES string of the molecule is O=C1C2=CC=CC3C=CC=C(C23)C12N[C@@H](Cc1ccc(O)cc1)[C@@H]([N+](=O)[O-])[C@H]2c1ccc(Br)cc1. The number of fused-ring (bicyclic) bond motifs is 1. The minimum absolute atomic E-state index is 0.0656. The summed E-state index contributed by atoms with van der Waals surface area (Å²) in [5.74, 6) is -0.647. The van der Waals surface area contributed by atoms with Crippen molar-refractivity contribution in [2.24, 2.45) is 11.8 Å². The van der Waals surface area contributed by atoms with Crippen LogP contribution in [0.4, 0.5) is 0 Å². The molecule has 176 valence electrons. The van der Waals surface area contributed by atoms with Gasteiger partial charge in [-0.2, -0.15) is 0 Å². The Morgan fingerprint density at radius 2 is 1.71 bits per heavy atom. The molecule has 1 saturated heterocycles. The zero-order valence-electron chi connectivity index (χ0n) is 18.7. The van der Waals surface area contributed by atoms with Crippen molar-refractivity contribution >= 4 is 21.7 Å². The van der Waals surface area contributed by atoms with E-state index in [4.69, 9.17) is 0 Å². The molecule has 0 radical (unpaired) electrons. The fraction of sp³-hybridized carbons (Fsp3) is 0.250. The van der Waals surface area contributed by atoms with Gasteiger partial charge in [0.25, 0.3) is 0 Å². The van der Waals surface area contributed by atoms with E-state index in [2.05, 4.69) is 33.4 Å². The van der Waals surface area contributed by atoms with Crippen molar-refractivity contribution < 1.29 is 14.8 Å². The molecular weight excluding hydrogens is 508 g/mol. The molecule has 6 nitrogen and oxygen atoms in total. The van der Waals surface area contributed by atoms with Crippen molar-refractivity contribution in [3.05, 3.63) is 122 Å². The predicted molar refractivity (Wildman–Crippen MR) is 136 cm³/mol. The third-order valence-corrected chi connectivity index (χ3v) is 8.38. The maximum Gasteiger partial charge on any atom is 0.237 e. The van der Waals surface area contributed by atoms with Gasteiger partial charge in [0.1, 0.15) is 11.3 Å². The number of hydrogen-bond donors (Lipinski definition) is 2. The predicted octanol–water partition coefficient (Wildman–Crippen LogP) is 4.64. The third-order valence-electron chi connectivity index (χ3n) is 7.85. The summed E-state index contributed by atoms with van der Waals surface area (Å²) < 4.78 is 0.873. The van der Waals surface area contributed by atoms with Crippen molar-refractivity contribution in [3.8, 4) is 5.75 Å². The van der Waals surface area contributed by atoms with E-state index >= 15 is 0 Å². The van der Waals surface area contributed by atoms with Crippen LogP contribution in [0.2, 0.25) is 0 Å². The summed E-state index contributed by atoms with van der Waals surface area (Å²) in [7, 11) is 0. The van der Waals surface area contributed by atoms with Gasteiger partial charge in [0.05, 0.1) is 12.0 Å². The van der Waals surface area contributed by atoms with Crippen LogP contribution < -0.4 is 5.32 Å². The molecule has 0 aromatic heterocycles. The van der Waals surface area contributed by atoms with Crippen LogP contribution in [0.3, 0.4) is 0 Å². The first-order valence-electron chi connectivity index (χ1n) is 11.7. The molecule has 4 aliphatic rings. The highest BCUT2D eigenvalue weighted by atomic mass is 79.9. The molecule has 1 heterocycles. The van der Waals surface area contributed by atoms with Crippen LogP contribution in [0.25, 0.3) is 0 Å². The number of aromatic hydroxyl groups is 1. The van der Waals surface area contributed by atoms with Gasteiger partial charge < -0.3 is 5.11 Å².